The maximum absolute atomic E-state index is 6.16. The molecular weight excluding hydrogens is 315 g/mol. The molecule has 1 aliphatic carbocycles. The first-order chi connectivity index (χ1) is 9.60. The molecule has 3 rings (SSSR count). The van der Waals surface area contributed by atoms with Crippen LogP contribution in [-0.4, -0.2) is 15.4 Å². The number of rotatable bonds is 5. The van der Waals surface area contributed by atoms with Gasteiger partial charge in [-0.1, -0.05) is 30.1 Å². The lowest BCUT2D eigenvalue weighted by Gasteiger charge is -2.14. The van der Waals surface area contributed by atoms with Gasteiger partial charge in [0, 0.05) is 18.8 Å². The number of fused-ring (bicyclic) bond motifs is 1. The number of imidazole rings is 1. The third-order valence-electron chi connectivity index (χ3n) is 4.08. The highest BCUT2D eigenvalue weighted by Gasteiger charge is 2.29. The van der Waals surface area contributed by atoms with Gasteiger partial charge in [0.15, 0.2) is 0 Å². The molecule has 0 amide bonds. The minimum atomic E-state index is 0.552. The summed E-state index contributed by atoms with van der Waals surface area (Å²) in [5.74, 6) is 3.12. The summed E-state index contributed by atoms with van der Waals surface area (Å²) in [4.78, 5) is 4.67. The van der Waals surface area contributed by atoms with E-state index in [0.29, 0.717) is 21.8 Å². The van der Waals surface area contributed by atoms with Gasteiger partial charge in [-0.05, 0) is 36.8 Å². The predicted molar refractivity (Wildman–Crippen MR) is 86.1 cm³/mol. The first-order valence-electron chi connectivity index (χ1n) is 7.00. The average molecular weight is 332 g/mol. The maximum atomic E-state index is 6.16. The Bertz CT molecular complexity index is 632. The van der Waals surface area contributed by atoms with Crippen molar-refractivity contribution in [2.75, 3.05) is 5.88 Å². The van der Waals surface area contributed by atoms with Gasteiger partial charge < -0.3 is 4.57 Å². The lowest BCUT2D eigenvalue weighted by molar-refractivity contribution is 0.429. The van der Waals surface area contributed by atoms with Crippen LogP contribution in [0.2, 0.25) is 10.0 Å². The van der Waals surface area contributed by atoms with Crippen molar-refractivity contribution < 1.29 is 0 Å². The summed E-state index contributed by atoms with van der Waals surface area (Å²) >= 11 is 18.1. The minimum absolute atomic E-state index is 0.552. The number of hydrogen-bond acceptors (Lipinski definition) is 1. The molecule has 20 heavy (non-hydrogen) atoms. The molecular formula is C15H17Cl3N2. The van der Waals surface area contributed by atoms with E-state index in [1.165, 1.54) is 12.8 Å². The van der Waals surface area contributed by atoms with Gasteiger partial charge in [0.05, 0.1) is 21.1 Å². The largest absolute Gasteiger partial charge is 0.328 e. The molecule has 1 aromatic heterocycles. The molecule has 0 bridgehead atoms. The molecule has 0 aliphatic heterocycles. The minimum Gasteiger partial charge on any atom is -0.328 e. The second-order valence-corrected chi connectivity index (χ2v) is 6.84. The molecule has 1 atom stereocenters. The van der Waals surface area contributed by atoms with Crippen LogP contribution in [0.15, 0.2) is 12.1 Å². The van der Waals surface area contributed by atoms with Crippen molar-refractivity contribution in [3.05, 3.63) is 28.0 Å². The van der Waals surface area contributed by atoms with Crippen LogP contribution in [0.4, 0.5) is 0 Å². The smallest absolute Gasteiger partial charge is 0.111 e. The number of nitrogens with zero attached hydrogens (tertiary/aromatic N) is 2. The van der Waals surface area contributed by atoms with Gasteiger partial charge in [-0.15, -0.1) is 11.6 Å². The first kappa shape index (κ1) is 14.5. The third-order valence-corrected chi connectivity index (χ3v) is 5.00. The molecule has 0 N–H and O–H groups in total. The predicted octanol–water partition coefficient (Wildman–Crippen LogP) is 5.17. The Labute approximate surface area is 134 Å². The van der Waals surface area contributed by atoms with E-state index in [4.69, 9.17) is 34.8 Å². The van der Waals surface area contributed by atoms with Crippen LogP contribution in [0.5, 0.6) is 0 Å². The van der Waals surface area contributed by atoms with E-state index in [2.05, 4.69) is 16.5 Å². The quantitative estimate of drug-likeness (QED) is 0.691. The SMILES string of the molecule is CC(Cn1c(CCCl)nc2cc(Cl)c(Cl)cc21)C1CC1. The van der Waals surface area contributed by atoms with Crippen LogP contribution >= 0.6 is 34.8 Å². The van der Waals surface area contributed by atoms with Crippen LogP contribution < -0.4 is 0 Å². The van der Waals surface area contributed by atoms with E-state index in [9.17, 15) is 0 Å². The zero-order chi connectivity index (χ0) is 14.3. The number of halogens is 3. The number of alkyl halides is 1. The Kier molecular flexibility index (Phi) is 4.16. The first-order valence-corrected chi connectivity index (χ1v) is 8.29. The lowest BCUT2D eigenvalue weighted by Crippen LogP contribution is -2.12. The van der Waals surface area contributed by atoms with Crippen LogP contribution in [0.1, 0.15) is 25.6 Å². The summed E-state index contributed by atoms with van der Waals surface area (Å²) in [6.07, 6.45) is 3.47. The van der Waals surface area contributed by atoms with E-state index < -0.39 is 0 Å². The molecule has 0 saturated heterocycles. The van der Waals surface area contributed by atoms with Crippen molar-refractivity contribution in [2.24, 2.45) is 11.8 Å². The Morgan fingerprint density at radius 3 is 2.65 bits per heavy atom. The summed E-state index contributed by atoms with van der Waals surface area (Å²) in [6, 6.07) is 3.76. The van der Waals surface area contributed by atoms with Gasteiger partial charge in [0.2, 0.25) is 0 Å². The zero-order valence-electron chi connectivity index (χ0n) is 11.4. The third kappa shape index (κ3) is 2.79. The summed E-state index contributed by atoms with van der Waals surface area (Å²) in [6.45, 7) is 3.29. The fourth-order valence-corrected chi connectivity index (χ4v) is 3.24. The lowest BCUT2D eigenvalue weighted by atomic mass is 10.1. The van der Waals surface area contributed by atoms with Gasteiger partial charge in [0.25, 0.3) is 0 Å². The molecule has 108 valence electrons. The van der Waals surface area contributed by atoms with Gasteiger partial charge >= 0.3 is 0 Å². The molecule has 2 aromatic rings. The monoisotopic (exact) mass is 330 g/mol. The second-order valence-electron chi connectivity index (χ2n) is 5.65. The van der Waals surface area contributed by atoms with Gasteiger partial charge in [-0.3, -0.25) is 0 Å². The fraction of sp³-hybridized carbons (Fsp3) is 0.533. The molecule has 1 saturated carbocycles. The van der Waals surface area contributed by atoms with Crippen molar-refractivity contribution in [3.63, 3.8) is 0 Å². The molecule has 0 spiro atoms. The van der Waals surface area contributed by atoms with Crippen molar-refractivity contribution in [2.45, 2.75) is 32.7 Å². The van der Waals surface area contributed by atoms with Gasteiger partial charge in [-0.2, -0.15) is 0 Å². The van der Waals surface area contributed by atoms with Crippen LogP contribution in [0.3, 0.4) is 0 Å². The molecule has 1 aromatic carbocycles. The fourth-order valence-electron chi connectivity index (χ4n) is 2.75. The summed E-state index contributed by atoms with van der Waals surface area (Å²) < 4.78 is 2.27. The number of aryl methyl sites for hydroxylation is 1. The Morgan fingerprint density at radius 2 is 2.00 bits per heavy atom. The second kappa shape index (κ2) is 5.75. The number of hydrogen-bond donors (Lipinski definition) is 0. The van der Waals surface area contributed by atoms with Crippen molar-refractivity contribution in [3.8, 4) is 0 Å². The van der Waals surface area contributed by atoms with E-state index in [1.54, 1.807) is 0 Å². The Morgan fingerprint density at radius 1 is 1.30 bits per heavy atom. The number of aromatic nitrogens is 2. The van der Waals surface area contributed by atoms with Crippen LogP contribution in [-0.2, 0) is 13.0 Å². The standard InChI is InChI=1S/C15H17Cl3N2/c1-9(10-2-3-10)8-20-14-7-12(18)11(17)6-13(14)19-15(20)4-5-16/h6-7,9-10H,2-5,8H2,1H3. The number of benzene rings is 1. The normalized spacial score (nSPS) is 16.8. The van der Waals surface area contributed by atoms with Crippen molar-refractivity contribution in [1.82, 2.24) is 9.55 Å². The van der Waals surface area contributed by atoms with Crippen molar-refractivity contribution >= 4 is 45.8 Å². The van der Waals surface area contributed by atoms with E-state index >= 15 is 0 Å². The molecule has 0 radical (unpaired) electrons. The molecule has 1 fully saturated rings. The molecule has 1 aliphatic rings. The van der Waals surface area contributed by atoms with Crippen molar-refractivity contribution in [1.29, 1.82) is 0 Å². The highest BCUT2D eigenvalue weighted by molar-refractivity contribution is 6.42. The van der Waals surface area contributed by atoms with E-state index in [0.717, 1.165) is 35.7 Å². The van der Waals surface area contributed by atoms with E-state index in [-0.39, 0.29) is 0 Å². The highest BCUT2D eigenvalue weighted by atomic mass is 35.5. The topological polar surface area (TPSA) is 17.8 Å². The molecule has 2 nitrogen and oxygen atoms in total. The van der Waals surface area contributed by atoms with Crippen LogP contribution in [0, 0.1) is 11.8 Å². The summed E-state index contributed by atoms with van der Waals surface area (Å²) in [7, 11) is 0. The van der Waals surface area contributed by atoms with Crippen LogP contribution in [0.25, 0.3) is 11.0 Å². The Hall–Kier alpha value is -0.440. The summed E-state index contributed by atoms with van der Waals surface area (Å²) in [5.41, 5.74) is 1.97. The highest BCUT2D eigenvalue weighted by Crippen LogP contribution is 2.38. The zero-order valence-corrected chi connectivity index (χ0v) is 13.6. The maximum Gasteiger partial charge on any atom is 0.111 e. The molecule has 1 heterocycles. The molecule has 1 unspecified atom stereocenters. The Balaban J connectivity index is 2.04. The van der Waals surface area contributed by atoms with Gasteiger partial charge in [0.1, 0.15) is 5.82 Å². The summed E-state index contributed by atoms with van der Waals surface area (Å²) in [5, 5.41) is 1.13. The van der Waals surface area contributed by atoms with E-state index in [1.807, 2.05) is 12.1 Å². The molecule has 5 heteroatoms. The van der Waals surface area contributed by atoms with Gasteiger partial charge in [-0.25, -0.2) is 4.98 Å². The average Bonchev–Trinajstić information content (AvgIpc) is 3.20.